The Labute approximate surface area is 88.5 Å². The largest absolute Gasteiger partial charge is 0.464 e. The number of nitrogens with zero attached hydrogens (tertiary/aromatic N) is 1. The van der Waals surface area contributed by atoms with E-state index in [9.17, 15) is 4.79 Å². The van der Waals surface area contributed by atoms with Gasteiger partial charge >= 0.3 is 5.97 Å². The zero-order valence-electron chi connectivity index (χ0n) is 8.77. The van der Waals surface area contributed by atoms with Gasteiger partial charge in [0.15, 0.2) is 5.71 Å². The molecule has 0 amide bonds. The lowest BCUT2D eigenvalue weighted by Crippen LogP contribution is -2.12. The van der Waals surface area contributed by atoms with Crippen molar-refractivity contribution in [3.63, 3.8) is 0 Å². The first-order valence-corrected chi connectivity index (χ1v) is 4.53. The summed E-state index contributed by atoms with van der Waals surface area (Å²) in [6, 6.07) is 9.59. The van der Waals surface area contributed by atoms with Crippen LogP contribution in [0.1, 0.15) is 12.5 Å². The van der Waals surface area contributed by atoms with Crippen LogP contribution >= 0.6 is 0 Å². The normalized spacial score (nSPS) is 10.9. The third-order valence-electron chi connectivity index (χ3n) is 1.76. The number of carbonyl (C=O) groups is 1. The lowest BCUT2D eigenvalue weighted by atomic mass is 10.2. The molecule has 1 aromatic rings. The Hall–Kier alpha value is -1.84. The van der Waals surface area contributed by atoms with Crippen molar-refractivity contribution in [2.75, 3.05) is 7.11 Å². The van der Waals surface area contributed by atoms with Crippen molar-refractivity contribution in [2.45, 2.75) is 13.5 Å². The second-order valence-electron chi connectivity index (χ2n) is 2.93. The molecule has 0 spiro atoms. The molecule has 0 aliphatic heterocycles. The molecule has 0 unspecified atom stereocenters. The van der Waals surface area contributed by atoms with Crippen LogP contribution in [0.4, 0.5) is 0 Å². The molecule has 0 aliphatic rings. The molecule has 0 fully saturated rings. The number of carbonyl (C=O) groups excluding carboxylic acids is 1. The van der Waals surface area contributed by atoms with E-state index in [1.54, 1.807) is 0 Å². The lowest BCUT2D eigenvalue weighted by molar-refractivity contribution is -0.133. The molecule has 0 atom stereocenters. The molecule has 0 saturated heterocycles. The van der Waals surface area contributed by atoms with Crippen molar-refractivity contribution >= 4 is 11.7 Å². The number of methoxy groups -OCH3 is 1. The Morgan fingerprint density at radius 2 is 2.00 bits per heavy atom. The number of hydrogen-bond acceptors (Lipinski definition) is 4. The number of hydrogen-bond donors (Lipinski definition) is 0. The number of oxime groups is 1. The molecule has 4 heteroatoms. The van der Waals surface area contributed by atoms with E-state index in [0.29, 0.717) is 6.61 Å². The minimum Gasteiger partial charge on any atom is -0.464 e. The smallest absolute Gasteiger partial charge is 0.355 e. The van der Waals surface area contributed by atoms with Crippen LogP contribution in [-0.2, 0) is 21.0 Å². The maximum atomic E-state index is 10.9. The number of benzene rings is 1. The van der Waals surface area contributed by atoms with Crippen LogP contribution < -0.4 is 0 Å². The van der Waals surface area contributed by atoms with Gasteiger partial charge in [0.1, 0.15) is 6.61 Å². The molecule has 0 aromatic heterocycles. The predicted molar refractivity (Wildman–Crippen MR) is 56.4 cm³/mol. The van der Waals surface area contributed by atoms with E-state index in [4.69, 9.17) is 4.84 Å². The first-order chi connectivity index (χ1) is 7.24. The van der Waals surface area contributed by atoms with Crippen LogP contribution in [-0.4, -0.2) is 18.8 Å². The average Bonchev–Trinajstić information content (AvgIpc) is 2.29. The fourth-order valence-electron chi connectivity index (χ4n) is 0.963. The molecule has 0 N–H and O–H groups in total. The molecule has 80 valence electrons. The van der Waals surface area contributed by atoms with Crippen molar-refractivity contribution in [2.24, 2.45) is 5.16 Å². The first kappa shape index (κ1) is 11.2. The molecule has 15 heavy (non-hydrogen) atoms. The van der Waals surface area contributed by atoms with E-state index in [0.717, 1.165) is 5.56 Å². The van der Waals surface area contributed by atoms with Crippen LogP contribution in [0, 0.1) is 0 Å². The maximum absolute atomic E-state index is 10.9. The summed E-state index contributed by atoms with van der Waals surface area (Å²) < 4.78 is 4.47. The van der Waals surface area contributed by atoms with E-state index in [-0.39, 0.29) is 5.71 Å². The standard InChI is InChI=1S/C11H13NO3/c1-9(11(13)14-2)12-15-8-10-6-4-3-5-7-10/h3-7H,8H2,1-2H3/b12-9+. The van der Waals surface area contributed by atoms with E-state index >= 15 is 0 Å². The topological polar surface area (TPSA) is 47.9 Å². The maximum Gasteiger partial charge on any atom is 0.355 e. The predicted octanol–water partition coefficient (Wildman–Crippen LogP) is 1.75. The SMILES string of the molecule is COC(=O)/C(C)=N/OCc1ccccc1. The molecule has 0 saturated carbocycles. The molecule has 4 nitrogen and oxygen atoms in total. The fourth-order valence-corrected chi connectivity index (χ4v) is 0.963. The van der Waals surface area contributed by atoms with Gasteiger partial charge in [-0.15, -0.1) is 0 Å². The van der Waals surface area contributed by atoms with Gasteiger partial charge in [0, 0.05) is 0 Å². The van der Waals surface area contributed by atoms with Crippen LogP contribution in [0.5, 0.6) is 0 Å². The molecule has 1 rings (SSSR count). The van der Waals surface area contributed by atoms with Gasteiger partial charge in [-0.05, 0) is 12.5 Å². The van der Waals surface area contributed by atoms with E-state index in [1.165, 1.54) is 14.0 Å². The third kappa shape index (κ3) is 3.81. The monoisotopic (exact) mass is 207 g/mol. The fraction of sp³-hybridized carbons (Fsp3) is 0.273. The van der Waals surface area contributed by atoms with Crippen LogP contribution in [0.3, 0.4) is 0 Å². The molecular formula is C11H13NO3. The zero-order valence-corrected chi connectivity index (χ0v) is 8.77. The number of ether oxygens (including phenoxy) is 1. The van der Waals surface area contributed by atoms with E-state index < -0.39 is 5.97 Å². The van der Waals surface area contributed by atoms with Gasteiger partial charge in [-0.3, -0.25) is 0 Å². The summed E-state index contributed by atoms with van der Waals surface area (Å²) in [5.74, 6) is -0.483. The number of esters is 1. The Morgan fingerprint density at radius 1 is 1.33 bits per heavy atom. The second kappa shape index (κ2) is 5.80. The summed E-state index contributed by atoms with van der Waals surface area (Å²) in [6.07, 6.45) is 0. The zero-order chi connectivity index (χ0) is 11.1. The van der Waals surface area contributed by atoms with Crippen molar-refractivity contribution in [1.82, 2.24) is 0 Å². The summed E-state index contributed by atoms with van der Waals surface area (Å²) in [5.41, 5.74) is 1.20. The van der Waals surface area contributed by atoms with Gasteiger partial charge in [-0.2, -0.15) is 0 Å². The molecule has 0 bridgehead atoms. The van der Waals surface area contributed by atoms with Gasteiger partial charge in [0.05, 0.1) is 7.11 Å². The number of rotatable bonds is 4. The highest BCUT2D eigenvalue weighted by Crippen LogP contribution is 2.00. The van der Waals surface area contributed by atoms with Crippen LogP contribution in [0.2, 0.25) is 0 Å². The molecule has 0 radical (unpaired) electrons. The molecule has 1 aromatic carbocycles. The first-order valence-electron chi connectivity index (χ1n) is 4.53. The van der Waals surface area contributed by atoms with Crippen LogP contribution in [0.25, 0.3) is 0 Å². The summed E-state index contributed by atoms with van der Waals surface area (Å²) in [6.45, 7) is 1.88. The van der Waals surface area contributed by atoms with Gasteiger partial charge < -0.3 is 9.57 Å². The Morgan fingerprint density at radius 3 is 2.60 bits per heavy atom. The van der Waals surface area contributed by atoms with Gasteiger partial charge in [-0.25, -0.2) is 4.79 Å². The van der Waals surface area contributed by atoms with E-state index in [1.807, 2.05) is 30.3 Å². The minimum atomic E-state index is -0.483. The Bertz CT molecular complexity index is 346. The average molecular weight is 207 g/mol. The van der Waals surface area contributed by atoms with Crippen molar-refractivity contribution < 1.29 is 14.4 Å². The summed E-state index contributed by atoms with van der Waals surface area (Å²) in [5, 5.41) is 3.63. The van der Waals surface area contributed by atoms with Crippen molar-refractivity contribution in [1.29, 1.82) is 0 Å². The van der Waals surface area contributed by atoms with Crippen LogP contribution in [0.15, 0.2) is 35.5 Å². The molecule has 0 aliphatic carbocycles. The van der Waals surface area contributed by atoms with Gasteiger partial charge in [0.25, 0.3) is 0 Å². The highest BCUT2D eigenvalue weighted by molar-refractivity contribution is 6.35. The van der Waals surface area contributed by atoms with Gasteiger partial charge in [-0.1, -0.05) is 35.5 Å². The highest BCUT2D eigenvalue weighted by atomic mass is 16.6. The summed E-state index contributed by atoms with van der Waals surface area (Å²) in [4.78, 5) is 15.9. The summed E-state index contributed by atoms with van der Waals surface area (Å²) in [7, 11) is 1.30. The Kier molecular flexibility index (Phi) is 4.34. The Balaban J connectivity index is 2.42. The van der Waals surface area contributed by atoms with Gasteiger partial charge in [0.2, 0.25) is 0 Å². The van der Waals surface area contributed by atoms with E-state index in [2.05, 4.69) is 9.89 Å². The molecular weight excluding hydrogens is 194 g/mol. The molecule has 0 heterocycles. The third-order valence-corrected chi connectivity index (χ3v) is 1.76. The minimum absolute atomic E-state index is 0.202. The lowest BCUT2D eigenvalue weighted by Gasteiger charge is -2.00. The summed E-state index contributed by atoms with van der Waals surface area (Å²) >= 11 is 0. The highest BCUT2D eigenvalue weighted by Gasteiger charge is 2.04. The van der Waals surface area contributed by atoms with Crippen molar-refractivity contribution in [3.8, 4) is 0 Å². The quantitative estimate of drug-likeness (QED) is 0.429. The van der Waals surface area contributed by atoms with Crippen molar-refractivity contribution in [3.05, 3.63) is 35.9 Å². The second-order valence-corrected chi connectivity index (χ2v) is 2.93.